The number of alkyl carbamates (subject to hydrolysis) is 1. The van der Waals surface area contributed by atoms with E-state index in [4.69, 9.17) is 5.11 Å². The Labute approximate surface area is 113 Å². The number of hydrogen-bond donors (Lipinski definition) is 2. The van der Waals surface area contributed by atoms with E-state index in [1.165, 1.54) is 24.3 Å². The van der Waals surface area contributed by atoms with Crippen LogP contribution in [0.5, 0.6) is 0 Å². The van der Waals surface area contributed by atoms with E-state index < -0.39 is 23.0 Å². The number of ether oxygens (including phenoxy) is 1. The molecule has 0 aliphatic carbocycles. The fraction of sp³-hybridized carbons (Fsp3) is 0.167. The molecule has 0 fully saturated rings. The van der Waals surface area contributed by atoms with Crippen LogP contribution in [-0.4, -0.2) is 28.7 Å². The van der Waals surface area contributed by atoms with Crippen LogP contribution >= 0.6 is 0 Å². The van der Waals surface area contributed by atoms with E-state index in [1.54, 1.807) is 0 Å². The van der Waals surface area contributed by atoms with Crippen molar-refractivity contribution < 1.29 is 24.4 Å². The molecule has 106 valence electrons. The van der Waals surface area contributed by atoms with Crippen molar-refractivity contribution in [3.05, 3.63) is 52.6 Å². The predicted molar refractivity (Wildman–Crippen MR) is 68.2 cm³/mol. The van der Waals surface area contributed by atoms with Gasteiger partial charge in [0, 0.05) is 12.1 Å². The Hall–Kier alpha value is -2.90. The number of carboxylic acids is 1. The molecule has 0 radical (unpaired) electrons. The Morgan fingerprint density at radius 3 is 2.80 bits per heavy atom. The standard InChI is InChI=1S/C12H12N2O6/c1-2-6-20-12(17)13-10(11(15)16)8-4-3-5-9(7-8)14(18)19/h2-5,7,10H,1,6H2,(H,13,17)(H,15,16). The molecule has 0 spiro atoms. The molecule has 1 aromatic rings. The Morgan fingerprint density at radius 1 is 1.55 bits per heavy atom. The molecule has 8 heteroatoms. The minimum atomic E-state index is -1.44. The molecule has 1 atom stereocenters. The number of aliphatic carboxylic acids is 1. The first-order valence-corrected chi connectivity index (χ1v) is 5.47. The average molecular weight is 280 g/mol. The molecule has 0 aliphatic rings. The van der Waals surface area contributed by atoms with E-state index in [2.05, 4.69) is 16.6 Å². The van der Waals surface area contributed by atoms with Crippen LogP contribution in [0.25, 0.3) is 0 Å². The van der Waals surface area contributed by atoms with Crippen molar-refractivity contribution in [2.24, 2.45) is 0 Å². The number of carbonyl (C=O) groups excluding carboxylic acids is 1. The topological polar surface area (TPSA) is 119 Å². The van der Waals surface area contributed by atoms with Gasteiger partial charge in [-0.05, 0) is 5.56 Å². The molecule has 1 unspecified atom stereocenters. The lowest BCUT2D eigenvalue weighted by Gasteiger charge is -2.14. The van der Waals surface area contributed by atoms with Crippen molar-refractivity contribution in [2.75, 3.05) is 6.61 Å². The van der Waals surface area contributed by atoms with Crippen LogP contribution in [0.1, 0.15) is 11.6 Å². The van der Waals surface area contributed by atoms with Gasteiger partial charge in [-0.2, -0.15) is 0 Å². The maximum absolute atomic E-state index is 11.3. The molecule has 20 heavy (non-hydrogen) atoms. The summed E-state index contributed by atoms with van der Waals surface area (Å²) in [5.41, 5.74) is -0.197. The van der Waals surface area contributed by atoms with Gasteiger partial charge in [0.25, 0.3) is 5.69 Å². The van der Waals surface area contributed by atoms with E-state index in [0.717, 1.165) is 6.07 Å². The summed E-state index contributed by atoms with van der Waals surface area (Å²) < 4.78 is 4.61. The number of carboxylic acid groups (broad SMARTS) is 1. The van der Waals surface area contributed by atoms with Gasteiger partial charge >= 0.3 is 12.1 Å². The summed E-state index contributed by atoms with van der Waals surface area (Å²) in [5, 5.41) is 21.8. The summed E-state index contributed by atoms with van der Waals surface area (Å²) in [4.78, 5) is 32.5. The van der Waals surface area contributed by atoms with Crippen molar-refractivity contribution in [2.45, 2.75) is 6.04 Å². The fourth-order valence-corrected chi connectivity index (χ4v) is 1.40. The van der Waals surface area contributed by atoms with Gasteiger partial charge in [-0.3, -0.25) is 10.1 Å². The minimum Gasteiger partial charge on any atom is -0.479 e. The second-order valence-corrected chi connectivity index (χ2v) is 3.65. The number of carbonyl (C=O) groups is 2. The minimum absolute atomic E-state index is 0.0715. The summed E-state index contributed by atoms with van der Waals surface area (Å²) in [6.07, 6.45) is 0.367. The number of hydrogen-bond acceptors (Lipinski definition) is 5. The van der Waals surface area contributed by atoms with E-state index in [0.29, 0.717) is 0 Å². The third-order valence-corrected chi connectivity index (χ3v) is 2.26. The van der Waals surface area contributed by atoms with E-state index in [9.17, 15) is 19.7 Å². The first-order valence-electron chi connectivity index (χ1n) is 5.47. The highest BCUT2D eigenvalue weighted by molar-refractivity contribution is 5.81. The summed E-state index contributed by atoms with van der Waals surface area (Å²) in [7, 11) is 0. The molecule has 2 N–H and O–H groups in total. The largest absolute Gasteiger partial charge is 0.479 e. The van der Waals surface area contributed by atoms with Crippen LogP contribution < -0.4 is 5.32 Å². The van der Waals surface area contributed by atoms with Crippen molar-refractivity contribution in [1.82, 2.24) is 5.32 Å². The maximum Gasteiger partial charge on any atom is 0.408 e. The number of benzene rings is 1. The molecule has 1 rings (SSSR count). The number of nitrogens with one attached hydrogen (secondary N) is 1. The van der Waals surface area contributed by atoms with E-state index in [-0.39, 0.29) is 17.9 Å². The van der Waals surface area contributed by atoms with Crippen LogP contribution in [0.2, 0.25) is 0 Å². The molecule has 8 nitrogen and oxygen atoms in total. The first-order chi connectivity index (χ1) is 9.45. The third kappa shape index (κ3) is 4.09. The molecule has 0 heterocycles. The highest BCUT2D eigenvalue weighted by Crippen LogP contribution is 2.19. The maximum atomic E-state index is 11.3. The number of amides is 1. The van der Waals surface area contributed by atoms with E-state index in [1.807, 2.05) is 0 Å². The van der Waals surface area contributed by atoms with Crippen LogP contribution in [0.15, 0.2) is 36.9 Å². The molecule has 0 aliphatic heterocycles. The van der Waals surface area contributed by atoms with Crippen LogP contribution in [0.4, 0.5) is 10.5 Å². The van der Waals surface area contributed by atoms with Gasteiger partial charge < -0.3 is 15.2 Å². The summed E-state index contributed by atoms with van der Waals surface area (Å²) >= 11 is 0. The van der Waals surface area contributed by atoms with E-state index >= 15 is 0 Å². The predicted octanol–water partition coefficient (Wildman–Crippen LogP) is 1.63. The van der Waals surface area contributed by atoms with Crippen LogP contribution in [-0.2, 0) is 9.53 Å². The van der Waals surface area contributed by atoms with Crippen molar-refractivity contribution >= 4 is 17.7 Å². The fourth-order valence-electron chi connectivity index (χ4n) is 1.40. The second kappa shape index (κ2) is 6.88. The van der Waals surface area contributed by atoms with Gasteiger partial charge in [-0.25, -0.2) is 9.59 Å². The van der Waals surface area contributed by atoms with Crippen molar-refractivity contribution in [3.8, 4) is 0 Å². The summed E-state index contributed by atoms with van der Waals surface area (Å²) in [6.45, 7) is 3.26. The molecular weight excluding hydrogens is 268 g/mol. The Morgan fingerprint density at radius 2 is 2.25 bits per heavy atom. The van der Waals surface area contributed by atoms with Crippen molar-refractivity contribution in [1.29, 1.82) is 0 Å². The second-order valence-electron chi connectivity index (χ2n) is 3.65. The van der Waals surface area contributed by atoms with Gasteiger partial charge in [0.15, 0.2) is 6.04 Å². The molecule has 0 saturated carbocycles. The van der Waals surface area contributed by atoms with Gasteiger partial charge in [0.2, 0.25) is 0 Å². The SMILES string of the molecule is C=CCOC(=O)NC(C(=O)O)c1cccc([N+](=O)[O-])c1. The molecular formula is C12H12N2O6. The third-order valence-electron chi connectivity index (χ3n) is 2.26. The Bertz CT molecular complexity index is 543. The average Bonchev–Trinajstić information content (AvgIpc) is 2.42. The van der Waals surface area contributed by atoms with Gasteiger partial charge in [0.05, 0.1) is 4.92 Å². The molecule has 1 aromatic carbocycles. The normalized spacial score (nSPS) is 11.2. The zero-order chi connectivity index (χ0) is 15.1. The van der Waals surface area contributed by atoms with Crippen molar-refractivity contribution in [3.63, 3.8) is 0 Å². The molecule has 0 bridgehead atoms. The zero-order valence-corrected chi connectivity index (χ0v) is 10.3. The first kappa shape index (κ1) is 15.2. The quantitative estimate of drug-likeness (QED) is 0.464. The number of nitro benzene ring substituents is 1. The lowest BCUT2D eigenvalue weighted by Crippen LogP contribution is -2.34. The monoisotopic (exact) mass is 280 g/mol. The number of nitro groups is 1. The lowest BCUT2D eigenvalue weighted by molar-refractivity contribution is -0.384. The zero-order valence-electron chi connectivity index (χ0n) is 10.3. The van der Waals surface area contributed by atoms with Crippen LogP contribution in [0, 0.1) is 10.1 Å². The number of nitrogens with zero attached hydrogens (tertiary/aromatic N) is 1. The highest BCUT2D eigenvalue weighted by Gasteiger charge is 2.24. The van der Waals surface area contributed by atoms with Crippen LogP contribution in [0.3, 0.4) is 0 Å². The van der Waals surface area contributed by atoms with Gasteiger partial charge in [-0.15, -0.1) is 0 Å². The molecule has 1 amide bonds. The van der Waals surface area contributed by atoms with Gasteiger partial charge in [-0.1, -0.05) is 24.8 Å². The smallest absolute Gasteiger partial charge is 0.408 e. The number of non-ortho nitro benzene ring substituents is 1. The lowest BCUT2D eigenvalue weighted by atomic mass is 10.1. The molecule has 0 aromatic heterocycles. The highest BCUT2D eigenvalue weighted by atomic mass is 16.6. The summed E-state index contributed by atoms with van der Waals surface area (Å²) in [5.74, 6) is -1.36. The Kier molecular flexibility index (Phi) is 5.21. The molecule has 0 saturated heterocycles. The van der Waals surface area contributed by atoms with Gasteiger partial charge in [0.1, 0.15) is 6.61 Å². The summed E-state index contributed by atoms with van der Waals surface area (Å²) in [6, 6.07) is 3.55. The Balaban J connectivity index is 2.93. The number of rotatable bonds is 6.